The summed E-state index contributed by atoms with van der Waals surface area (Å²) in [5.74, 6) is -0.332. The van der Waals surface area contributed by atoms with Crippen LogP contribution in [0.25, 0.3) is 0 Å². The summed E-state index contributed by atoms with van der Waals surface area (Å²) in [6.07, 6.45) is 3.30. The second-order valence-electron chi connectivity index (χ2n) is 7.04. The number of para-hydroxylation sites is 1. The molecule has 0 aliphatic heterocycles. The van der Waals surface area contributed by atoms with Crippen molar-refractivity contribution in [3.63, 3.8) is 0 Å². The van der Waals surface area contributed by atoms with Gasteiger partial charge < -0.3 is 15.5 Å². The summed E-state index contributed by atoms with van der Waals surface area (Å²) in [4.78, 5) is 12.1. The van der Waals surface area contributed by atoms with Gasteiger partial charge in [-0.25, -0.2) is 0 Å². The molecular weight excluding hydrogens is 266 g/mol. The molecule has 0 atom stereocenters. The molecule has 0 radical (unpaired) electrons. The zero-order chi connectivity index (χ0) is 15.7. The van der Waals surface area contributed by atoms with Crippen molar-refractivity contribution in [1.82, 2.24) is 5.32 Å². The van der Waals surface area contributed by atoms with E-state index in [0.717, 1.165) is 12.8 Å². The lowest BCUT2D eigenvalue weighted by Gasteiger charge is -2.40. The molecule has 1 aliphatic rings. The summed E-state index contributed by atoms with van der Waals surface area (Å²) >= 11 is 0. The average Bonchev–Trinajstić information content (AvgIpc) is 2.43. The monoisotopic (exact) mass is 291 g/mol. The van der Waals surface area contributed by atoms with Crippen LogP contribution in [-0.2, 0) is 0 Å². The Morgan fingerprint density at radius 1 is 1.24 bits per heavy atom. The molecule has 0 saturated heterocycles. The van der Waals surface area contributed by atoms with Crippen molar-refractivity contribution in [2.24, 2.45) is 5.41 Å². The van der Waals surface area contributed by atoms with E-state index in [2.05, 4.69) is 19.2 Å². The Bertz CT molecular complexity index is 527. The lowest BCUT2D eigenvalue weighted by Crippen LogP contribution is -2.46. The van der Waals surface area contributed by atoms with Gasteiger partial charge in [-0.2, -0.15) is 0 Å². The molecule has 0 unspecified atom stereocenters. The molecule has 116 valence electrons. The molecule has 0 aromatic heterocycles. The van der Waals surface area contributed by atoms with Gasteiger partial charge >= 0.3 is 0 Å². The maximum absolute atomic E-state index is 12.1. The maximum atomic E-state index is 12.1. The van der Waals surface area contributed by atoms with Crippen LogP contribution in [0.5, 0.6) is 5.75 Å². The van der Waals surface area contributed by atoms with Gasteiger partial charge in [0.1, 0.15) is 5.75 Å². The first kappa shape index (κ1) is 15.8. The molecule has 4 heteroatoms. The number of benzene rings is 1. The van der Waals surface area contributed by atoms with Crippen LogP contribution in [0.2, 0.25) is 0 Å². The molecule has 2 rings (SSSR count). The van der Waals surface area contributed by atoms with Crippen LogP contribution in [0.1, 0.15) is 55.5 Å². The van der Waals surface area contributed by atoms with Crippen molar-refractivity contribution in [1.29, 1.82) is 0 Å². The molecule has 0 bridgehead atoms. The third kappa shape index (κ3) is 3.76. The first-order chi connectivity index (χ1) is 9.72. The van der Waals surface area contributed by atoms with Crippen molar-refractivity contribution in [3.8, 4) is 5.75 Å². The third-order valence-electron chi connectivity index (χ3n) is 4.59. The predicted molar refractivity (Wildman–Crippen MR) is 82.4 cm³/mol. The largest absolute Gasteiger partial charge is 0.507 e. The van der Waals surface area contributed by atoms with Crippen molar-refractivity contribution < 1.29 is 15.0 Å². The fourth-order valence-electron chi connectivity index (χ4n) is 2.75. The first-order valence-electron chi connectivity index (χ1n) is 7.52. The zero-order valence-corrected chi connectivity index (χ0v) is 13.1. The lowest BCUT2D eigenvalue weighted by molar-refractivity contribution is -0.0233. The van der Waals surface area contributed by atoms with Crippen LogP contribution in [-0.4, -0.2) is 28.3 Å². The van der Waals surface area contributed by atoms with Gasteiger partial charge in [0.2, 0.25) is 0 Å². The molecule has 1 aliphatic carbocycles. The number of phenolic OH excluding ortho intramolecular Hbond substituents is 1. The van der Waals surface area contributed by atoms with E-state index in [9.17, 15) is 15.0 Å². The number of carbonyl (C=O) groups is 1. The summed E-state index contributed by atoms with van der Waals surface area (Å²) in [5.41, 5.74) is 0.367. The fraction of sp³-hybridized carbons (Fsp3) is 0.588. The smallest absolute Gasteiger partial charge is 0.255 e. The molecule has 1 amide bonds. The van der Waals surface area contributed by atoms with Gasteiger partial charge in [-0.15, -0.1) is 0 Å². The molecule has 4 nitrogen and oxygen atoms in total. The number of carbonyl (C=O) groups excluding carboxylic acids is 1. The van der Waals surface area contributed by atoms with Crippen LogP contribution in [0.15, 0.2) is 18.2 Å². The predicted octanol–water partition coefficient (Wildman–Crippen LogP) is 2.76. The van der Waals surface area contributed by atoms with Crippen molar-refractivity contribution in [3.05, 3.63) is 29.3 Å². The number of hydrogen-bond acceptors (Lipinski definition) is 3. The standard InChI is InChI=1S/C17H25NO3/c1-12-5-4-6-13(14(12)19)15(20)18-11-17(21)9-7-16(2,3)8-10-17/h4-6,19,21H,7-11H2,1-3H3,(H,18,20). The molecule has 1 aromatic rings. The van der Waals surface area contributed by atoms with Crippen LogP contribution in [0.3, 0.4) is 0 Å². The summed E-state index contributed by atoms with van der Waals surface area (Å²) < 4.78 is 0. The minimum absolute atomic E-state index is 0.00627. The number of aromatic hydroxyl groups is 1. The van der Waals surface area contributed by atoms with E-state index >= 15 is 0 Å². The van der Waals surface area contributed by atoms with Gasteiger partial charge in [-0.1, -0.05) is 26.0 Å². The summed E-state index contributed by atoms with van der Waals surface area (Å²) in [5, 5.41) is 23.2. The Hall–Kier alpha value is -1.55. The van der Waals surface area contributed by atoms with E-state index in [1.807, 2.05) is 0 Å². The van der Waals surface area contributed by atoms with Crippen LogP contribution in [0.4, 0.5) is 0 Å². The van der Waals surface area contributed by atoms with Gasteiger partial charge in [0.15, 0.2) is 0 Å². The van der Waals surface area contributed by atoms with Crippen LogP contribution < -0.4 is 5.32 Å². The van der Waals surface area contributed by atoms with Crippen LogP contribution >= 0.6 is 0 Å². The molecule has 0 heterocycles. The number of aryl methyl sites for hydroxylation is 1. The first-order valence-corrected chi connectivity index (χ1v) is 7.52. The number of nitrogens with one attached hydrogen (secondary N) is 1. The highest BCUT2D eigenvalue weighted by Crippen LogP contribution is 2.39. The number of amides is 1. The van der Waals surface area contributed by atoms with Crippen molar-refractivity contribution >= 4 is 5.91 Å². The Balaban J connectivity index is 1.97. The van der Waals surface area contributed by atoms with Gasteiger partial charge in [0.25, 0.3) is 5.91 Å². The summed E-state index contributed by atoms with van der Waals surface area (Å²) in [6, 6.07) is 5.08. The number of aliphatic hydroxyl groups is 1. The topological polar surface area (TPSA) is 69.6 Å². The molecule has 1 fully saturated rings. The SMILES string of the molecule is Cc1cccc(C(=O)NCC2(O)CCC(C)(C)CC2)c1O. The van der Waals surface area contributed by atoms with Gasteiger partial charge in [0.05, 0.1) is 11.2 Å². The van der Waals surface area contributed by atoms with E-state index in [1.165, 1.54) is 0 Å². The highest BCUT2D eigenvalue weighted by molar-refractivity contribution is 5.97. The fourth-order valence-corrected chi connectivity index (χ4v) is 2.75. The Labute approximate surface area is 126 Å². The molecule has 3 N–H and O–H groups in total. The second kappa shape index (κ2) is 5.68. The normalized spacial score (nSPS) is 20.0. The van der Waals surface area contributed by atoms with E-state index in [4.69, 9.17) is 0 Å². The summed E-state index contributed by atoms with van der Waals surface area (Å²) in [6.45, 7) is 6.39. The van der Waals surface area contributed by atoms with Gasteiger partial charge in [-0.05, 0) is 49.7 Å². The second-order valence-corrected chi connectivity index (χ2v) is 7.04. The Kier molecular flexibility index (Phi) is 4.28. The quantitative estimate of drug-likeness (QED) is 0.802. The number of rotatable bonds is 3. The third-order valence-corrected chi connectivity index (χ3v) is 4.59. The number of phenols is 1. The van der Waals surface area contributed by atoms with Crippen molar-refractivity contribution in [2.45, 2.75) is 52.1 Å². The average molecular weight is 291 g/mol. The minimum Gasteiger partial charge on any atom is -0.507 e. The van der Waals surface area contributed by atoms with Crippen molar-refractivity contribution in [2.75, 3.05) is 6.54 Å². The lowest BCUT2D eigenvalue weighted by atomic mass is 9.71. The Morgan fingerprint density at radius 3 is 2.48 bits per heavy atom. The van der Waals surface area contributed by atoms with E-state index < -0.39 is 5.60 Å². The maximum Gasteiger partial charge on any atom is 0.255 e. The molecular formula is C17H25NO3. The molecule has 0 spiro atoms. The molecule has 1 aromatic carbocycles. The number of hydrogen-bond donors (Lipinski definition) is 3. The van der Waals surface area contributed by atoms with Gasteiger partial charge in [0, 0.05) is 6.54 Å². The van der Waals surface area contributed by atoms with E-state index in [1.54, 1.807) is 25.1 Å². The Morgan fingerprint density at radius 2 is 1.86 bits per heavy atom. The molecule has 21 heavy (non-hydrogen) atoms. The van der Waals surface area contributed by atoms with E-state index in [0.29, 0.717) is 18.4 Å². The summed E-state index contributed by atoms with van der Waals surface area (Å²) in [7, 11) is 0. The highest BCUT2D eigenvalue weighted by Gasteiger charge is 2.36. The van der Waals surface area contributed by atoms with Gasteiger partial charge in [-0.3, -0.25) is 4.79 Å². The zero-order valence-electron chi connectivity index (χ0n) is 13.1. The molecule has 1 saturated carbocycles. The van der Waals surface area contributed by atoms with E-state index in [-0.39, 0.29) is 29.2 Å². The minimum atomic E-state index is -0.829. The van der Waals surface area contributed by atoms with Crippen LogP contribution in [0, 0.1) is 12.3 Å². The highest BCUT2D eigenvalue weighted by atomic mass is 16.3.